The fourth-order valence-electron chi connectivity index (χ4n) is 2.03. The molecule has 1 aromatic rings. The van der Waals surface area contributed by atoms with Gasteiger partial charge in [0.25, 0.3) is 0 Å². The Balaban J connectivity index is 2.11. The first-order valence-corrected chi connectivity index (χ1v) is 5.51. The minimum absolute atomic E-state index is 0.775. The highest BCUT2D eigenvalue weighted by molar-refractivity contribution is 5.68. The van der Waals surface area contributed by atoms with Crippen LogP contribution in [0.1, 0.15) is 5.56 Å². The summed E-state index contributed by atoms with van der Waals surface area (Å²) >= 11 is 0. The number of nitrogens with two attached hydrogens (primary N) is 1. The zero-order chi connectivity index (χ0) is 11.5. The number of anilines is 2. The van der Waals surface area contributed by atoms with Crippen LogP contribution in [0.2, 0.25) is 0 Å². The van der Waals surface area contributed by atoms with Crippen molar-refractivity contribution >= 4 is 17.8 Å². The Morgan fingerprint density at radius 1 is 1.25 bits per heavy atom. The first-order chi connectivity index (χ1) is 7.70. The normalized spacial score (nSPS) is 16.3. The van der Waals surface area contributed by atoms with Crippen LogP contribution in [0, 0.1) is 6.92 Å². The van der Waals surface area contributed by atoms with E-state index in [1.807, 2.05) is 13.0 Å². The van der Waals surface area contributed by atoms with Gasteiger partial charge in [0.05, 0.1) is 11.4 Å². The zero-order valence-electron chi connectivity index (χ0n) is 9.52. The van der Waals surface area contributed by atoms with Gasteiger partial charge >= 0.3 is 0 Å². The average molecular weight is 219 g/mol. The van der Waals surface area contributed by atoms with Gasteiger partial charge in [-0.05, 0) is 24.6 Å². The predicted molar refractivity (Wildman–Crippen MR) is 65.4 cm³/mol. The lowest BCUT2D eigenvalue weighted by Crippen LogP contribution is -2.45. The van der Waals surface area contributed by atoms with E-state index in [2.05, 4.69) is 17.0 Å². The molecular formula is C12H17N3O. The van der Waals surface area contributed by atoms with Crippen molar-refractivity contribution in [3.05, 3.63) is 23.8 Å². The van der Waals surface area contributed by atoms with Crippen LogP contribution in [0.15, 0.2) is 18.2 Å². The Labute approximate surface area is 95.6 Å². The highest BCUT2D eigenvalue weighted by Crippen LogP contribution is 2.24. The molecule has 4 heteroatoms. The van der Waals surface area contributed by atoms with E-state index in [4.69, 9.17) is 5.73 Å². The molecule has 0 saturated carbocycles. The van der Waals surface area contributed by atoms with Crippen LogP contribution in [0.5, 0.6) is 0 Å². The molecule has 2 N–H and O–H groups in total. The molecule has 0 spiro atoms. The highest BCUT2D eigenvalue weighted by Gasteiger charge is 2.17. The molecule has 0 bridgehead atoms. The SMILES string of the molecule is Cc1ccc(N2CCN(C=O)CC2)c(N)c1. The van der Waals surface area contributed by atoms with Gasteiger partial charge in [-0.25, -0.2) is 0 Å². The van der Waals surface area contributed by atoms with Gasteiger partial charge in [-0.2, -0.15) is 0 Å². The molecule has 1 saturated heterocycles. The van der Waals surface area contributed by atoms with Crippen molar-refractivity contribution in [2.75, 3.05) is 36.8 Å². The van der Waals surface area contributed by atoms with Gasteiger partial charge in [-0.3, -0.25) is 4.79 Å². The van der Waals surface area contributed by atoms with Crippen molar-refractivity contribution in [3.63, 3.8) is 0 Å². The van der Waals surface area contributed by atoms with Crippen molar-refractivity contribution in [2.45, 2.75) is 6.92 Å². The Kier molecular flexibility index (Phi) is 2.99. The van der Waals surface area contributed by atoms with E-state index in [-0.39, 0.29) is 0 Å². The van der Waals surface area contributed by atoms with Gasteiger partial charge in [-0.1, -0.05) is 6.07 Å². The molecular weight excluding hydrogens is 202 g/mol. The van der Waals surface area contributed by atoms with Crippen molar-refractivity contribution in [1.29, 1.82) is 0 Å². The molecule has 1 aromatic carbocycles. The van der Waals surface area contributed by atoms with E-state index in [1.54, 1.807) is 4.90 Å². The molecule has 86 valence electrons. The number of aryl methyl sites for hydroxylation is 1. The molecule has 0 aromatic heterocycles. The maximum atomic E-state index is 10.6. The Morgan fingerprint density at radius 2 is 1.94 bits per heavy atom. The lowest BCUT2D eigenvalue weighted by molar-refractivity contribution is -0.118. The van der Waals surface area contributed by atoms with Crippen LogP contribution in [0.4, 0.5) is 11.4 Å². The van der Waals surface area contributed by atoms with Crippen LogP contribution in [0.3, 0.4) is 0 Å². The lowest BCUT2D eigenvalue weighted by Gasteiger charge is -2.34. The minimum atomic E-state index is 0.775. The van der Waals surface area contributed by atoms with Gasteiger partial charge in [0.15, 0.2) is 0 Å². The number of hydrogen-bond donors (Lipinski definition) is 1. The molecule has 0 unspecified atom stereocenters. The monoisotopic (exact) mass is 219 g/mol. The molecule has 1 fully saturated rings. The van der Waals surface area contributed by atoms with Crippen LogP contribution in [-0.4, -0.2) is 37.5 Å². The van der Waals surface area contributed by atoms with Crippen molar-refractivity contribution in [1.82, 2.24) is 4.90 Å². The molecule has 0 atom stereocenters. The second kappa shape index (κ2) is 4.43. The van der Waals surface area contributed by atoms with Crippen molar-refractivity contribution in [2.24, 2.45) is 0 Å². The second-order valence-corrected chi connectivity index (χ2v) is 4.19. The third-order valence-corrected chi connectivity index (χ3v) is 2.99. The number of nitrogens with zero attached hydrogens (tertiary/aromatic N) is 2. The van der Waals surface area contributed by atoms with E-state index in [0.717, 1.165) is 44.0 Å². The van der Waals surface area contributed by atoms with Gasteiger partial charge in [0.2, 0.25) is 6.41 Å². The fraction of sp³-hybridized carbons (Fsp3) is 0.417. The van der Waals surface area contributed by atoms with Crippen LogP contribution in [-0.2, 0) is 4.79 Å². The summed E-state index contributed by atoms with van der Waals surface area (Å²) in [6.07, 6.45) is 0.913. The van der Waals surface area contributed by atoms with E-state index < -0.39 is 0 Å². The van der Waals surface area contributed by atoms with Gasteiger partial charge in [0.1, 0.15) is 0 Å². The maximum absolute atomic E-state index is 10.6. The fourth-order valence-corrected chi connectivity index (χ4v) is 2.03. The summed E-state index contributed by atoms with van der Waals surface area (Å²) in [6, 6.07) is 6.11. The number of hydrogen-bond acceptors (Lipinski definition) is 3. The Hall–Kier alpha value is -1.71. The summed E-state index contributed by atoms with van der Waals surface area (Å²) in [5.74, 6) is 0. The molecule has 16 heavy (non-hydrogen) atoms. The topological polar surface area (TPSA) is 49.6 Å². The molecule has 1 amide bonds. The number of rotatable bonds is 2. The number of carbonyl (C=O) groups is 1. The quantitative estimate of drug-likeness (QED) is 0.593. The summed E-state index contributed by atoms with van der Waals surface area (Å²) in [5, 5.41) is 0. The average Bonchev–Trinajstić information content (AvgIpc) is 2.29. The Morgan fingerprint density at radius 3 is 2.50 bits per heavy atom. The molecule has 2 rings (SSSR count). The smallest absolute Gasteiger partial charge is 0.209 e. The summed E-state index contributed by atoms with van der Waals surface area (Å²) in [7, 11) is 0. The standard InChI is InChI=1S/C12H17N3O/c1-10-2-3-12(11(13)8-10)15-6-4-14(9-16)5-7-15/h2-3,8-9H,4-7,13H2,1H3. The molecule has 1 aliphatic rings. The van der Waals surface area contributed by atoms with Gasteiger partial charge in [0, 0.05) is 26.2 Å². The Bertz CT molecular complexity index is 384. The van der Waals surface area contributed by atoms with Crippen molar-refractivity contribution < 1.29 is 4.79 Å². The first kappa shape index (κ1) is 10.8. The predicted octanol–water partition coefficient (Wildman–Crippen LogP) is 0.856. The number of piperazine rings is 1. The second-order valence-electron chi connectivity index (χ2n) is 4.19. The molecule has 0 radical (unpaired) electrons. The molecule has 0 aliphatic carbocycles. The van der Waals surface area contributed by atoms with E-state index >= 15 is 0 Å². The van der Waals surface area contributed by atoms with E-state index in [0.29, 0.717) is 0 Å². The third-order valence-electron chi connectivity index (χ3n) is 2.99. The number of benzene rings is 1. The van der Waals surface area contributed by atoms with E-state index in [1.165, 1.54) is 5.56 Å². The number of carbonyl (C=O) groups excluding carboxylic acids is 1. The highest BCUT2D eigenvalue weighted by atomic mass is 16.1. The summed E-state index contributed by atoms with van der Waals surface area (Å²) in [5.41, 5.74) is 9.07. The summed E-state index contributed by atoms with van der Waals surface area (Å²) in [6.45, 7) is 5.29. The van der Waals surface area contributed by atoms with Gasteiger partial charge in [-0.15, -0.1) is 0 Å². The van der Waals surface area contributed by atoms with Crippen molar-refractivity contribution in [3.8, 4) is 0 Å². The van der Waals surface area contributed by atoms with Gasteiger partial charge < -0.3 is 15.5 Å². The summed E-state index contributed by atoms with van der Waals surface area (Å²) < 4.78 is 0. The number of amides is 1. The minimum Gasteiger partial charge on any atom is -0.397 e. The summed E-state index contributed by atoms with van der Waals surface area (Å²) in [4.78, 5) is 14.6. The van der Waals surface area contributed by atoms with Crippen LogP contribution < -0.4 is 10.6 Å². The zero-order valence-corrected chi connectivity index (χ0v) is 9.52. The van der Waals surface area contributed by atoms with Crippen LogP contribution >= 0.6 is 0 Å². The molecule has 1 heterocycles. The van der Waals surface area contributed by atoms with Crippen LogP contribution in [0.25, 0.3) is 0 Å². The number of nitrogen functional groups attached to an aromatic ring is 1. The third kappa shape index (κ3) is 2.10. The largest absolute Gasteiger partial charge is 0.397 e. The molecule has 4 nitrogen and oxygen atoms in total. The van der Waals surface area contributed by atoms with E-state index in [9.17, 15) is 4.79 Å². The lowest BCUT2D eigenvalue weighted by atomic mass is 10.1. The first-order valence-electron chi connectivity index (χ1n) is 5.51. The maximum Gasteiger partial charge on any atom is 0.209 e. The molecule has 1 aliphatic heterocycles.